The fraction of sp³-hybridized carbons (Fsp3) is 0.0667. The second-order valence-corrected chi connectivity index (χ2v) is 6.30. The van der Waals surface area contributed by atoms with Gasteiger partial charge in [-0.15, -0.1) is 11.8 Å². The highest BCUT2D eigenvalue weighted by Gasteiger charge is 2.09. The van der Waals surface area contributed by atoms with E-state index < -0.39 is 0 Å². The summed E-state index contributed by atoms with van der Waals surface area (Å²) in [5, 5.41) is 3.31. The molecule has 1 aromatic heterocycles. The molecule has 0 fully saturated rings. The lowest BCUT2D eigenvalue weighted by Gasteiger charge is -2.02. The first-order valence-corrected chi connectivity index (χ1v) is 8.05. The molecule has 21 heavy (non-hydrogen) atoms. The molecule has 0 radical (unpaired) electrons. The van der Waals surface area contributed by atoms with Gasteiger partial charge >= 0.3 is 0 Å². The minimum atomic E-state index is -0.310. The average Bonchev–Trinajstić information content (AvgIpc) is 2.88. The summed E-state index contributed by atoms with van der Waals surface area (Å²) >= 11 is 2.60. The summed E-state index contributed by atoms with van der Waals surface area (Å²) in [7, 11) is 0. The zero-order valence-corrected chi connectivity index (χ0v) is 12.5. The summed E-state index contributed by atoms with van der Waals surface area (Å²) in [5.74, 6) is -0.353. The van der Waals surface area contributed by atoms with Gasteiger partial charge < -0.3 is 5.32 Å². The number of hydrogen-bond acceptors (Lipinski definition) is 4. The zero-order chi connectivity index (χ0) is 14.7. The largest absolute Gasteiger partial charge is 0.301 e. The van der Waals surface area contributed by atoms with Gasteiger partial charge in [-0.2, -0.15) is 0 Å². The molecule has 2 aromatic carbocycles. The Labute approximate surface area is 129 Å². The number of para-hydroxylation sites is 1. The van der Waals surface area contributed by atoms with Gasteiger partial charge in [-0.05, 0) is 24.3 Å². The maximum atomic E-state index is 13.4. The van der Waals surface area contributed by atoms with Crippen molar-refractivity contribution in [3.05, 3.63) is 54.3 Å². The van der Waals surface area contributed by atoms with Crippen molar-refractivity contribution in [3.63, 3.8) is 0 Å². The van der Waals surface area contributed by atoms with Crippen LogP contribution in [0.4, 0.5) is 9.52 Å². The van der Waals surface area contributed by atoms with E-state index in [0.29, 0.717) is 10.0 Å². The molecule has 106 valence electrons. The molecule has 0 saturated carbocycles. The van der Waals surface area contributed by atoms with Gasteiger partial charge in [0.2, 0.25) is 5.91 Å². The Kier molecular flexibility index (Phi) is 4.17. The van der Waals surface area contributed by atoms with E-state index in [4.69, 9.17) is 0 Å². The van der Waals surface area contributed by atoms with Crippen LogP contribution >= 0.6 is 23.1 Å². The van der Waals surface area contributed by atoms with Crippen LogP contribution in [-0.4, -0.2) is 16.6 Å². The van der Waals surface area contributed by atoms with Crippen LogP contribution in [-0.2, 0) is 4.79 Å². The van der Waals surface area contributed by atoms with Crippen LogP contribution in [0.2, 0.25) is 0 Å². The van der Waals surface area contributed by atoms with Crippen LogP contribution in [0.25, 0.3) is 10.2 Å². The Balaban J connectivity index is 1.62. The zero-order valence-electron chi connectivity index (χ0n) is 10.9. The monoisotopic (exact) mass is 318 g/mol. The average molecular weight is 318 g/mol. The van der Waals surface area contributed by atoms with E-state index in [9.17, 15) is 9.18 Å². The van der Waals surface area contributed by atoms with E-state index in [2.05, 4.69) is 10.3 Å². The van der Waals surface area contributed by atoms with E-state index in [1.807, 2.05) is 24.3 Å². The number of benzene rings is 2. The highest BCUT2D eigenvalue weighted by Crippen LogP contribution is 2.26. The number of aromatic nitrogens is 1. The molecule has 0 unspecified atom stereocenters. The first-order chi connectivity index (χ1) is 10.2. The van der Waals surface area contributed by atoms with Crippen LogP contribution in [0.5, 0.6) is 0 Å². The molecule has 0 aliphatic heterocycles. The predicted octanol–water partition coefficient (Wildman–Crippen LogP) is 4.17. The van der Waals surface area contributed by atoms with Crippen molar-refractivity contribution >= 4 is 44.4 Å². The summed E-state index contributed by atoms with van der Waals surface area (Å²) < 4.78 is 14.5. The Morgan fingerprint density at radius 2 is 1.95 bits per heavy atom. The fourth-order valence-electron chi connectivity index (χ4n) is 1.79. The van der Waals surface area contributed by atoms with Crippen LogP contribution < -0.4 is 5.32 Å². The van der Waals surface area contributed by atoms with Crippen molar-refractivity contribution < 1.29 is 9.18 Å². The molecule has 0 aliphatic rings. The number of thiazole rings is 1. The number of nitrogens with zero attached hydrogens (tertiary/aromatic N) is 1. The molecular weight excluding hydrogens is 307 g/mol. The maximum Gasteiger partial charge on any atom is 0.236 e. The van der Waals surface area contributed by atoms with Gasteiger partial charge in [-0.25, -0.2) is 9.37 Å². The molecule has 3 nitrogen and oxygen atoms in total. The van der Waals surface area contributed by atoms with Gasteiger partial charge in [0.1, 0.15) is 5.82 Å². The minimum absolute atomic E-state index is 0.150. The van der Waals surface area contributed by atoms with Gasteiger partial charge in [-0.3, -0.25) is 4.79 Å². The number of anilines is 1. The van der Waals surface area contributed by atoms with Crippen molar-refractivity contribution in [1.82, 2.24) is 4.98 Å². The summed E-state index contributed by atoms with van der Waals surface area (Å²) in [6.07, 6.45) is 0. The van der Waals surface area contributed by atoms with Crippen molar-refractivity contribution in [2.45, 2.75) is 4.90 Å². The summed E-state index contributed by atoms with van der Waals surface area (Å²) in [6, 6.07) is 14.1. The van der Waals surface area contributed by atoms with Gasteiger partial charge in [0.05, 0.1) is 16.0 Å². The Morgan fingerprint density at radius 1 is 1.19 bits per heavy atom. The van der Waals surface area contributed by atoms with Crippen LogP contribution in [0.3, 0.4) is 0 Å². The molecule has 3 rings (SSSR count). The molecule has 0 aliphatic carbocycles. The van der Waals surface area contributed by atoms with Gasteiger partial charge in [0, 0.05) is 4.90 Å². The smallest absolute Gasteiger partial charge is 0.236 e. The molecule has 6 heteroatoms. The standard InChI is InChI=1S/C15H11FN2OS2/c16-10-5-1-3-7-12(10)20-9-14(19)18-15-17-11-6-2-4-8-13(11)21-15/h1-8H,9H2,(H,17,18,19). The second-order valence-electron chi connectivity index (χ2n) is 4.25. The van der Waals surface area contributed by atoms with Crippen molar-refractivity contribution in [3.8, 4) is 0 Å². The number of fused-ring (bicyclic) bond motifs is 1. The topological polar surface area (TPSA) is 42.0 Å². The normalized spacial score (nSPS) is 10.7. The lowest BCUT2D eigenvalue weighted by atomic mass is 10.3. The predicted molar refractivity (Wildman–Crippen MR) is 85.4 cm³/mol. The molecule has 0 atom stereocenters. The fourth-order valence-corrected chi connectivity index (χ4v) is 3.41. The van der Waals surface area contributed by atoms with Gasteiger partial charge in [0.25, 0.3) is 0 Å². The van der Waals surface area contributed by atoms with Crippen molar-refractivity contribution in [2.24, 2.45) is 0 Å². The SMILES string of the molecule is O=C(CSc1ccccc1F)Nc1nc2ccccc2s1. The molecule has 1 N–H and O–H groups in total. The van der Waals surface area contributed by atoms with Crippen LogP contribution in [0, 0.1) is 5.82 Å². The summed E-state index contributed by atoms with van der Waals surface area (Å²) in [5.41, 5.74) is 0.861. The van der Waals surface area contributed by atoms with Gasteiger partial charge in [-0.1, -0.05) is 35.6 Å². The van der Waals surface area contributed by atoms with Crippen LogP contribution in [0.15, 0.2) is 53.4 Å². The van der Waals surface area contributed by atoms with E-state index in [-0.39, 0.29) is 17.5 Å². The van der Waals surface area contributed by atoms with E-state index in [1.165, 1.54) is 29.2 Å². The summed E-state index contributed by atoms with van der Waals surface area (Å²) in [6.45, 7) is 0. The number of carbonyl (C=O) groups excluding carboxylic acids is 1. The lowest BCUT2D eigenvalue weighted by Crippen LogP contribution is -2.13. The third-order valence-corrected chi connectivity index (χ3v) is 4.74. The van der Waals surface area contributed by atoms with E-state index in [1.54, 1.807) is 18.2 Å². The minimum Gasteiger partial charge on any atom is -0.301 e. The molecular formula is C15H11FN2OS2. The number of thioether (sulfide) groups is 1. The molecule has 0 bridgehead atoms. The number of halogens is 1. The highest BCUT2D eigenvalue weighted by molar-refractivity contribution is 8.00. The number of nitrogens with one attached hydrogen (secondary N) is 1. The van der Waals surface area contributed by atoms with Crippen LogP contribution in [0.1, 0.15) is 0 Å². The third-order valence-electron chi connectivity index (χ3n) is 2.74. The number of carbonyl (C=O) groups is 1. The number of amides is 1. The molecule has 0 saturated heterocycles. The molecule has 1 amide bonds. The van der Waals surface area contributed by atoms with E-state index >= 15 is 0 Å². The van der Waals surface area contributed by atoms with Gasteiger partial charge in [0.15, 0.2) is 5.13 Å². The first-order valence-electron chi connectivity index (χ1n) is 6.25. The Morgan fingerprint density at radius 3 is 2.76 bits per heavy atom. The lowest BCUT2D eigenvalue weighted by molar-refractivity contribution is -0.113. The maximum absolute atomic E-state index is 13.4. The quantitative estimate of drug-likeness (QED) is 0.734. The second kappa shape index (κ2) is 6.24. The Hall–Kier alpha value is -1.92. The number of rotatable bonds is 4. The van der Waals surface area contributed by atoms with E-state index in [0.717, 1.165) is 10.2 Å². The molecule has 1 heterocycles. The molecule has 3 aromatic rings. The number of hydrogen-bond donors (Lipinski definition) is 1. The third kappa shape index (κ3) is 3.40. The highest BCUT2D eigenvalue weighted by atomic mass is 32.2. The van der Waals surface area contributed by atoms with Crippen molar-refractivity contribution in [2.75, 3.05) is 11.1 Å². The van der Waals surface area contributed by atoms with Crippen molar-refractivity contribution in [1.29, 1.82) is 0 Å². The molecule has 0 spiro atoms. The summed E-state index contributed by atoms with van der Waals surface area (Å²) in [4.78, 5) is 16.7. The first kappa shape index (κ1) is 14.0. The Bertz CT molecular complexity index is 755.